The first kappa shape index (κ1) is 21.5. The lowest BCUT2D eigenvalue weighted by Gasteiger charge is -2.27. The predicted molar refractivity (Wildman–Crippen MR) is 98.5 cm³/mol. The van der Waals surface area contributed by atoms with Gasteiger partial charge >= 0.3 is 0 Å². The number of hydrogen-bond acceptors (Lipinski definition) is 1. The summed E-state index contributed by atoms with van der Waals surface area (Å²) in [4.78, 5) is 11.9. The van der Waals surface area contributed by atoms with E-state index >= 15 is 0 Å². The smallest absolute Gasteiger partial charge is 0.246 e. The van der Waals surface area contributed by atoms with Crippen LogP contribution in [0.2, 0.25) is 0 Å². The van der Waals surface area contributed by atoms with Crippen molar-refractivity contribution in [3.63, 3.8) is 0 Å². The van der Waals surface area contributed by atoms with Gasteiger partial charge in [0.2, 0.25) is 5.91 Å². The molecule has 2 unspecified atom stereocenters. The summed E-state index contributed by atoms with van der Waals surface area (Å²) in [6.07, 6.45) is 12.4. The van der Waals surface area contributed by atoms with Crippen LogP contribution in [0.15, 0.2) is 12.2 Å². The highest BCUT2D eigenvalue weighted by Crippen LogP contribution is 2.22. The maximum atomic E-state index is 11.9. The van der Waals surface area contributed by atoms with E-state index in [4.69, 9.17) is 11.6 Å². The Morgan fingerprint density at radius 1 is 1.05 bits per heavy atom. The number of unbranched alkanes of at least 4 members (excludes halogenated alkanes) is 6. The molecule has 0 saturated heterocycles. The van der Waals surface area contributed by atoms with Gasteiger partial charge in [-0.05, 0) is 32.1 Å². The second-order valence-corrected chi connectivity index (χ2v) is 6.79. The van der Waals surface area contributed by atoms with Gasteiger partial charge in [0.15, 0.2) is 0 Å². The zero-order chi connectivity index (χ0) is 16.8. The van der Waals surface area contributed by atoms with Crippen molar-refractivity contribution in [2.45, 2.75) is 91.0 Å². The molecule has 0 heterocycles. The van der Waals surface area contributed by atoms with Crippen molar-refractivity contribution in [1.29, 1.82) is 0 Å². The maximum Gasteiger partial charge on any atom is 0.246 e. The number of hydrogen-bond donors (Lipinski definition) is 1. The van der Waals surface area contributed by atoms with Gasteiger partial charge in [0.25, 0.3) is 0 Å². The number of carbonyl (C=O) groups excluding carboxylic acids is 1. The predicted octanol–water partition coefficient (Wildman–Crippen LogP) is 5.84. The molecule has 1 N–H and O–H groups in total. The average Bonchev–Trinajstić information content (AvgIpc) is 2.50. The van der Waals surface area contributed by atoms with Crippen molar-refractivity contribution in [2.75, 3.05) is 5.88 Å². The van der Waals surface area contributed by atoms with E-state index in [1.54, 1.807) is 6.92 Å². The molecule has 0 rings (SSSR count). The van der Waals surface area contributed by atoms with Crippen molar-refractivity contribution in [2.24, 2.45) is 5.92 Å². The highest BCUT2D eigenvalue weighted by Gasteiger charge is 2.21. The number of carbonyl (C=O) groups is 1. The van der Waals surface area contributed by atoms with Gasteiger partial charge in [-0.2, -0.15) is 0 Å². The van der Waals surface area contributed by atoms with E-state index in [1.165, 1.54) is 44.9 Å². The van der Waals surface area contributed by atoms with Crippen LogP contribution in [-0.2, 0) is 4.79 Å². The molecule has 1 amide bonds. The molecule has 3 heteroatoms. The first-order valence-electron chi connectivity index (χ1n) is 9.09. The summed E-state index contributed by atoms with van der Waals surface area (Å²) in [6, 6.07) is 0.225. The van der Waals surface area contributed by atoms with Gasteiger partial charge in [0.05, 0.1) is 0 Å². The van der Waals surface area contributed by atoms with Crippen LogP contribution in [0.3, 0.4) is 0 Å². The Labute approximate surface area is 143 Å². The molecule has 22 heavy (non-hydrogen) atoms. The SMILES string of the molecule is C=C(C)C(=O)NC(CC)C(CCCl)CCCCCCCCC. The minimum Gasteiger partial charge on any atom is -0.349 e. The van der Waals surface area contributed by atoms with Crippen LogP contribution in [-0.4, -0.2) is 17.8 Å². The van der Waals surface area contributed by atoms with Gasteiger partial charge in [0.1, 0.15) is 0 Å². The Bertz CT molecular complexity index is 304. The topological polar surface area (TPSA) is 29.1 Å². The zero-order valence-electron chi connectivity index (χ0n) is 14.9. The van der Waals surface area contributed by atoms with Crippen LogP contribution in [0, 0.1) is 5.92 Å². The summed E-state index contributed by atoms with van der Waals surface area (Å²) in [5, 5.41) is 3.12. The van der Waals surface area contributed by atoms with Crippen molar-refractivity contribution < 1.29 is 4.79 Å². The quantitative estimate of drug-likeness (QED) is 0.242. The van der Waals surface area contributed by atoms with Gasteiger partial charge in [0, 0.05) is 17.5 Å². The van der Waals surface area contributed by atoms with Crippen molar-refractivity contribution >= 4 is 17.5 Å². The fraction of sp³-hybridized carbons (Fsp3) is 0.842. The number of alkyl halides is 1. The lowest BCUT2D eigenvalue weighted by Crippen LogP contribution is -2.40. The number of rotatable bonds is 14. The van der Waals surface area contributed by atoms with Crippen LogP contribution in [0.4, 0.5) is 0 Å². The van der Waals surface area contributed by atoms with E-state index < -0.39 is 0 Å². The highest BCUT2D eigenvalue weighted by molar-refractivity contribution is 6.17. The molecule has 0 saturated carbocycles. The van der Waals surface area contributed by atoms with E-state index in [9.17, 15) is 4.79 Å². The molecule has 0 aromatic rings. The molecule has 130 valence electrons. The summed E-state index contributed by atoms with van der Waals surface area (Å²) < 4.78 is 0. The van der Waals surface area contributed by atoms with Gasteiger partial charge in [-0.25, -0.2) is 0 Å². The Balaban J connectivity index is 4.14. The summed E-state index contributed by atoms with van der Waals surface area (Å²) in [5.74, 6) is 1.13. The number of nitrogens with one attached hydrogen (secondary N) is 1. The summed E-state index contributed by atoms with van der Waals surface area (Å²) in [5.41, 5.74) is 0.582. The molecule has 0 aromatic heterocycles. The third-order valence-electron chi connectivity index (χ3n) is 4.37. The molecule has 0 fully saturated rings. The van der Waals surface area contributed by atoms with Crippen LogP contribution >= 0.6 is 11.6 Å². The van der Waals surface area contributed by atoms with Crippen LogP contribution < -0.4 is 5.32 Å². The Kier molecular flexibility index (Phi) is 13.8. The zero-order valence-corrected chi connectivity index (χ0v) is 15.7. The van der Waals surface area contributed by atoms with E-state index in [-0.39, 0.29) is 11.9 Å². The molecule has 0 aliphatic rings. The third-order valence-corrected chi connectivity index (χ3v) is 4.59. The fourth-order valence-electron chi connectivity index (χ4n) is 2.90. The van der Waals surface area contributed by atoms with E-state index in [0.717, 1.165) is 19.3 Å². The van der Waals surface area contributed by atoms with Crippen LogP contribution in [0.1, 0.15) is 85.0 Å². The molecule has 0 bridgehead atoms. The molecule has 0 radical (unpaired) electrons. The fourth-order valence-corrected chi connectivity index (χ4v) is 3.18. The first-order valence-corrected chi connectivity index (χ1v) is 9.62. The monoisotopic (exact) mass is 329 g/mol. The molecule has 0 aliphatic heterocycles. The van der Waals surface area contributed by atoms with Gasteiger partial charge in [-0.15, -0.1) is 11.6 Å². The van der Waals surface area contributed by atoms with E-state index in [2.05, 4.69) is 25.7 Å². The standard InChI is InChI=1S/C19H36ClNO/c1-5-7-8-9-10-11-12-13-17(14-15-20)18(6-2)21-19(22)16(3)4/h17-18H,3,5-15H2,1-2,4H3,(H,21,22). The summed E-state index contributed by atoms with van der Waals surface area (Å²) >= 11 is 5.96. The second kappa shape index (κ2) is 14.1. The van der Waals surface area contributed by atoms with Crippen molar-refractivity contribution in [3.05, 3.63) is 12.2 Å². The van der Waals surface area contributed by atoms with Gasteiger partial charge in [-0.3, -0.25) is 4.79 Å². The second-order valence-electron chi connectivity index (χ2n) is 6.42. The molecular formula is C19H36ClNO. The largest absolute Gasteiger partial charge is 0.349 e. The Hall–Kier alpha value is -0.500. The molecule has 2 nitrogen and oxygen atoms in total. The average molecular weight is 330 g/mol. The third kappa shape index (κ3) is 10.3. The normalized spacial score (nSPS) is 13.6. The lowest BCUT2D eigenvalue weighted by atomic mass is 9.89. The summed E-state index contributed by atoms with van der Waals surface area (Å²) in [7, 11) is 0. The van der Waals surface area contributed by atoms with Crippen molar-refractivity contribution in [3.8, 4) is 0 Å². The Morgan fingerprint density at radius 2 is 1.64 bits per heavy atom. The number of amides is 1. The molecular weight excluding hydrogens is 294 g/mol. The molecule has 2 atom stereocenters. The first-order chi connectivity index (χ1) is 10.6. The van der Waals surface area contributed by atoms with Gasteiger partial charge < -0.3 is 5.32 Å². The van der Waals surface area contributed by atoms with E-state index in [0.29, 0.717) is 17.4 Å². The highest BCUT2D eigenvalue weighted by atomic mass is 35.5. The number of halogens is 1. The Morgan fingerprint density at radius 3 is 2.14 bits per heavy atom. The summed E-state index contributed by atoms with van der Waals surface area (Å²) in [6.45, 7) is 9.86. The maximum absolute atomic E-state index is 11.9. The molecule has 0 aromatic carbocycles. The molecule has 0 aliphatic carbocycles. The van der Waals surface area contributed by atoms with Crippen molar-refractivity contribution in [1.82, 2.24) is 5.32 Å². The minimum atomic E-state index is -0.0222. The van der Waals surface area contributed by atoms with Gasteiger partial charge in [-0.1, -0.05) is 65.4 Å². The van der Waals surface area contributed by atoms with E-state index in [1.807, 2.05) is 0 Å². The minimum absolute atomic E-state index is 0.0222. The van der Waals surface area contributed by atoms with Crippen LogP contribution in [0.25, 0.3) is 0 Å². The van der Waals surface area contributed by atoms with Crippen LogP contribution in [0.5, 0.6) is 0 Å². The molecule has 0 spiro atoms. The lowest BCUT2D eigenvalue weighted by molar-refractivity contribution is -0.118.